The third-order valence-electron chi connectivity index (χ3n) is 4.12. The average Bonchev–Trinajstić information content (AvgIpc) is 2.95. The lowest BCUT2D eigenvalue weighted by molar-refractivity contribution is 0.581. The summed E-state index contributed by atoms with van der Waals surface area (Å²) in [6.07, 6.45) is 0. The normalized spacial score (nSPS) is 15.3. The summed E-state index contributed by atoms with van der Waals surface area (Å²) in [6.45, 7) is 5.90. The molecular formula is C17H19N5S. The monoisotopic (exact) mass is 325 g/mol. The first-order valence-electron chi connectivity index (χ1n) is 7.81. The van der Waals surface area contributed by atoms with Crippen molar-refractivity contribution in [1.82, 2.24) is 15.3 Å². The van der Waals surface area contributed by atoms with Crippen LogP contribution in [0.3, 0.4) is 0 Å². The Hall–Kier alpha value is -2.18. The number of anilines is 2. The Bertz CT molecular complexity index is 851. The molecule has 0 unspecified atom stereocenters. The fourth-order valence-electron chi connectivity index (χ4n) is 2.95. The maximum Gasteiger partial charge on any atom is 0.227 e. The largest absolute Gasteiger partial charge is 0.398 e. The highest BCUT2D eigenvalue weighted by Gasteiger charge is 2.18. The van der Waals surface area contributed by atoms with Crippen molar-refractivity contribution in [3.05, 3.63) is 35.2 Å². The lowest BCUT2D eigenvalue weighted by atomic mass is 10.1. The second kappa shape index (κ2) is 5.79. The number of nitrogens with zero attached hydrogens (tertiary/aromatic N) is 3. The van der Waals surface area contributed by atoms with Crippen LogP contribution in [0.1, 0.15) is 4.88 Å². The van der Waals surface area contributed by atoms with Crippen LogP contribution in [0.2, 0.25) is 0 Å². The van der Waals surface area contributed by atoms with E-state index in [1.807, 2.05) is 24.3 Å². The summed E-state index contributed by atoms with van der Waals surface area (Å²) in [4.78, 5) is 14.2. The molecule has 5 nitrogen and oxygen atoms in total. The average molecular weight is 325 g/mol. The lowest BCUT2D eigenvalue weighted by Gasteiger charge is -2.27. The maximum absolute atomic E-state index is 6.20. The van der Waals surface area contributed by atoms with E-state index in [0.29, 0.717) is 0 Å². The van der Waals surface area contributed by atoms with Gasteiger partial charge in [0.05, 0.1) is 5.69 Å². The van der Waals surface area contributed by atoms with Gasteiger partial charge < -0.3 is 16.0 Å². The minimum atomic E-state index is 0.752. The molecule has 1 saturated heterocycles. The van der Waals surface area contributed by atoms with Crippen LogP contribution in [-0.4, -0.2) is 36.1 Å². The molecule has 3 aromatic rings. The molecule has 0 atom stereocenters. The van der Waals surface area contributed by atoms with Crippen LogP contribution >= 0.6 is 11.3 Å². The van der Waals surface area contributed by atoms with Crippen molar-refractivity contribution in [2.45, 2.75) is 6.92 Å². The van der Waals surface area contributed by atoms with E-state index >= 15 is 0 Å². The van der Waals surface area contributed by atoms with Crippen LogP contribution in [-0.2, 0) is 0 Å². The molecule has 0 saturated carbocycles. The zero-order valence-electron chi connectivity index (χ0n) is 13.0. The molecule has 1 aliphatic heterocycles. The number of benzene rings is 1. The molecule has 0 bridgehead atoms. The van der Waals surface area contributed by atoms with Crippen molar-refractivity contribution in [2.75, 3.05) is 36.8 Å². The highest BCUT2D eigenvalue weighted by Crippen LogP contribution is 2.35. The Morgan fingerprint density at radius 2 is 1.96 bits per heavy atom. The van der Waals surface area contributed by atoms with Crippen LogP contribution in [0.5, 0.6) is 0 Å². The van der Waals surface area contributed by atoms with Crippen molar-refractivity contribution in [2.24, 2.45) is 0 Å². The molecule has 6 heteroatoms. The number of aromatic nitrogens is 2. The second-order valence-corrected chi connectivity index (χ2v) is 7.01. The standard InChI is InChI=1S/C17H19N5S/c1-11-10-13-15(12-4-2-3-5-14(12)18)20-17(21-16(13)23-11)22-8-6-19-7-9-22/h2-5,10,19H,6-9,18H2,1H3. The molecule has 2 aromatic heterocycles. The number of hydrogen-bond donors (Lipinski definition) is 2. The first kappa shape index (κ1) is 14.4. The summed E-state index contributed by atoms with van der Waals surface area (Å²) in [5.41, 5.74) is 8.87. The van der Waals surface area contributed by atoms with E-state index in [1.54, 1.807) is 11.3 Å². The highest BCUT2D eigenvalue weighted by atomic mass is 32.1. The molecule has 23 heavy (non-hydrogen) atoms. The van der Waals surface area contributed by atoms with E-state index in [-0.39, 0.29) is 0 Å². The van der Waals surface area contributed by atoms with E-state index in [4.69, 9.17) is 15.7 Å². The molecule has 4 rings (SSSR count). The highest BCUT2D eigenvalue weighted by molar-refractivity contribution is 7.18. The lowest BCUT2D eigenvalue weighted by Crippen LogP contribution is -2.44. The van der Waals surface area contributed by atoms with Gasteiger partial charge in [-0.15, -0.1) is 11.3 Å². The van der Waals surface area contributed by atoms with Crippen molar-refractivity contribution < 1.29 is 0 Å². The second-order valence-electron chi connectivity index (χ2n) is 5.77. The molecule has 3 heterocycles. The smallest absolute Gasteiger partial charge is 0.227 e. The van der Waals surface area contributed by atoms with Crippen LogP contribution in [0.4, 0.5) is 11.6 Å². The van der Waals surface area contributed by atoms with Crippen LogP contribution in [0, 0.1) is 6.92 Å². The molecule has 3 N–H and O–H groups in total. The minimum Gasteiger partial charge on any atom is -0.398 e. The summed E-state index contributed by atoms with van der Waals surface area (Å²) in [7, 11) is 0. The van der Waals surface area contributed by atoms with Gasteiger partial charge in [0.25, 0.3) is 0 Å². The summed E-state index contributed by atoms with van der Waals surface area (Å²) in [6, 6.07) is 10.1. The van der Waals surface area contributed by atoms with Gasteiger partial charge in [0.15, 0.2) is 0 Å². The molecule has 1 fully saturated rings. The van der Waals surface area contributed by atoms with E-state index in [0.717, 1.165) is 59.3 Å². The van der Waals surface area contributed by atoms with E-state index in [2.05, 4.69) is 23.2 Å². The summed E-state index contributed by atoms with van der Waals surface area (Å²) in [5.74, 6) is 0.805. The number of para-hydroxylation sites is 1. The van der Waals surface area contributed by atoms with Gasteiger partial charge >= 0.3 is 0 Å². The Kier molecular flexibility index (Phi) is 3.63. The Labute approximate surface area is 139 Å². The van der Waals surface area contributed by atoms with E-state index < -0.39 is 0 Å². The van der Waals surface area contributed by atoms with Gasteiger partial charge in [-0.2, -0.15) is 0 Å². The molecule has 1 aliphatic rings. The number of aryl methyl sites for hydroxylation is 1. The van der Waals surface area contributed by atoms with Gasteiger partial charge in [0.1, 0.15) is 4.83 Å². The molecule has 0 spiro atoms. The van der Waals surface area contributed by atoms with Gasteiger partial charge in [-0.25, -0.2) is 9.97 Å². The van der Waals surface area contributed by atoms with Crippen LogP contribution in [0.15, 0.2) is 30.3 Å². The third-order valence-corrected chi connectivity index (χ3v) is 5.06. The number of nitrogen functional groups attached to an aromatic ring is 1. The third kappa shape index (κ3) is 2.64. The quantitative estimate of drug-likeness (QED) is 0.709. The van der Waals surface area contributed by atoms with Crippen molar-refractivity contribution >= 4 is 33.2 Å². The number of nitrogens with two attached hydrogens (primary N) is 1. The van der Waals surface area contributed by atoms with Gasteiger partial charge in [0, 0.05) is 47.7 Å². The van der Waals surface area contributed by atoms with Gasteiger partial charge in [-0.1, -0.05) is 18.2 Å². The molecule has 0 radical (unpaired) electrons. The van der Waals surface area contributed by atoms with Crippen molar-refractivity contribution in [3.63, 3.8) is 0 Å². The first-order chi connectivity index (χ1) is 11.2. The maximum atomic E-state index is 6.20. The van der Waals surface area contributed by atoms with Gasteiger partial charge in [-0.3, -0.25) is 0 Å². The zero-order chi connectivity index (χ0) is 15.8. The number of piperazine rings is 1. The van der Waals surface area contributed by atoms with Gasteiger partial charge in [-0.05, 0) is 19.1 Å². The molecular weight excluding hydrogens is 306 g/mol. The number of thiophene rings is 1. The molecule has 0 amide bonds. The van der Waals surface area contributed by atoms with E-state index in [1.165, 1.54) is 4.88 Å². The molecule has 118 valence electrons. The first-order valence-corrected chi connectivity index (χ1v) is 8.63. The Morgan fingerprint density at radius 3 is 2.74 bits per heavy atom. The van der Waals surface area contributed by atoms with Crippen LogP contribution in [0.25, 0.3) is 21.5 Å². The summed E-state index contributed by atoms with van der Waals surface area (Å²) < 4.78 is 0. The SMILES string of the molecule is Cc1cc2c(-c3ccccc3N)nc(N3CCNCC3)nc2s1. The molecule has 0 aliphatic carbocycles. The summed E-state index contributed by atoms with van der Waals surface area (Å²) in [5, 5.41) is 4.45. The fourth-order valence-corrected chi connectivity index (χ4v) is 3.83. The van der Waals surface area contributed by atoms with Crippen molar-refractivity contribution in [1.29, 1.82) is 0 Å². The number of nitrogens with one attached hydrogen (secondary N) is 1. The minimum absolute atomic E-state index is 0.752. The number of fused-ring (bicyclic) bond motifs is 1. The number of hydrogen-bond acceptors (Lipinski definition) is 6. The topological polar surface area (TPSA) is 67.1 Å². The predicted octanol–water partition coefficient (Wildman–Crippen LogP) is 2.66. The predicted molar refractivity (Wildman–Crippen MR) is 97.1 cm³/mol. The number of rotatable bonds is 2. The summed E-state index contributed by atoms with van der Waals surface area (Å²) >= 11 is 1.71. The Morgan fingerprint density at radius 1 is 1.17 bits per heavy atom. The van der Waals surface area contributed by atoms with E-state index in [9.17, 15) is 0 Å². The fraction of sp³-hybridized carbons (Fsp3) is 0.294. The van der Waals surface area contributed by atoms with Crippen LogP contribution < -0.4 is 16.0 Å². The zero-order valence-corrected chi connectivity index (χ0v) is 13.9. The molecule has 1 aromatic carbocycles. The Balaban J connectivity index is 1.92. The van der Waals surface area contributed by atoms with Crippen molar-refractivity contribution in [3.8, 4) is 11.3 Å². The van der Waals surface area contributed by atoms with Gasteiger partial charge in [0.2, 0.25) is 5.95 Å².